The molecule has 12 heteroatoms. The van der Waals surface area contributed by atoms with E-state index in [0.717, 1.165) is 55.7 Å². The van der Waals surface area contributed by atoms with E-state index in [1.54, 1.807) is 4.68 Å². The monoisotopic (exact) mass is 626 g/mol. The van der Waals surface area contributed by atoms with Crippen molar-refractivity contribution in [2.45, 2.75) is 88.3 Å². The summed E-state index contributed by atoms with van der Waals surface area (Å²) in [5, 5.41) is 24.0. The Morgan fingerprint density at radius 3 is 2.87 bits per heavy atom. The molecule has 6 heterocycles. The second kappa shape index (κ2) is 11.0. The number of halogens is 1. The van der Waals surface area contributed by atoms with Crippen LogP contribution in [0.1, 0.15) is 82.7 Å². The second-order valence-electron chi connectivity index (χ2n) is 13.8. The standard InChI is InChI=1S/C34H39FN8O3/c1-40-19-25-27(16-34(40)11-4-8-22-7-2-3-9-26(22)34)37-32(46-21-33-10-5-13-42(33)18-23(35)15-33)38-30(25)41-12-6-14-43-28(20-41)24(17-36)29(39-43)31(44)45/h2-3,7,9,23H,4-6,8,10-16,18-21H2,1H3,(H,44,45)/t23-,33+,34+/m1/s1. The van der Waals surface area contributed by atoms with E-state index in [0.29, 0.717) is 70.3 Å². The SMILES string of the molecule is CN1Cc2c(nc(OC[C@@]34CCCN3C[C@H](F)C4)nc2N2CCCn3nc(C(=O)O)c(C#N)c3C2)C[C@]12CCCc1ccccc12. The number of nitriles is 1. The maximum Gasteiger partial charge on any atom is 0.357 e. The highest BCUT2D eigenvalue weighted by molar-refractivity contribution is 5.88. The summed E-state index contributed by atoms with van der Waals surface area (Å²) in [6, 6.07) is 11.1. The van der Waals surface area contributed by atoms with Gasteiger partial charge in [-0.25, -0.2) is 9.18 Å². The highest BCUT2D eigenvalue weighted by Crippen LogP contribution is 2.47. The zero-order chi connectivity index (χ0) is 31.6. The number of nitrogens with zero attached hydrogens (tertiary/aromatic N) is 8. The summed E-state index contributed by atoms with van der Waals surface area (Å²) < 4.78 is 22.7. The maximum atomic E-state index is 14.6. The van der Waals surface area contributed by atoms with E-state index in [9.17, 15) is 19.6 Å². The molecule has 5 aliphatic rings. The first-order chi connectivity index (χ1) is 22.3. The minimum atomic E-state index is -1.21. The molecule has 0 radical (unpaired) electrons. The molecule has 3 atom stereocenters. The number of fused-ring (bicyclic) bond motifs is 5. The molecule has 8 rings (SSSR count). The molecule has 0 bridgehead atoms. The van der Waals surface area contributed by atoms with Crippen LogP contribution in [0.15, 0.2) is 24.3 Å². The first-order valence-corrected chi connectivity index (χ1v) is 16.5. The van der Waals surface area contributed by atoms with Crippen molar-refractivity contribution in [1.29, 1.82) is 5.26 Å². The Bertz CT molecular complexity index is 1750. The number of aryl methyl sites for hydroxylation is 2. The van der Waals surface area contributed by atoms with Crippen LogP contribution in [0.2, 0.25) is 0 Å². The molecule has 3 aromatic rings. The lowest BCUT2D eigenvalue weighted by Crippen LogP contribution is -2.51. The van der Waals surface area contributed by atoms with Gasteiger partial charge in [-0.3, -0.25) is 14.5 Å². The molecular formula is C34H39FN8O3. The normalized spacial score (nSPS) is 27.4. The number of likely N-dealkylation sites (N-methyl/N-ethyl adjacent to an activating group) is 1. The van der Waals surface area contributed by atoms with Crippen LogP contribution in [0.25, 0.3) is 0 Å². The van der Waals surface area contributed by atoms with Gasteiger partial charge in [-0.2, -0.15) is 20.3 Å². The van der Waals surface area contributed by atoms with Gasteiger partial charge >= 0.3 is 12.0 Å². The van der Waals surface area contributed by atoms with Gasteiger partial charge in [0.25, 0.3) is 0 Å². The number of hydrogen-bond donors (Lipinski definition) is 1. The molecule has 0 saturated carbocycles. The lowest BCUT2D eigenvalue weighted by Gasteiger charge is -2.49. The third-order valence-electron chi connectivity index (χ3n) is 11.2. The van der Waals surface area contributed by atoms with E-state index in [1.807, 2.05) is 0 Å². The largest absolute Gasteiger partial charge is 0.476 e. The zero-order valence-electron chi connectivity index (χ0n) is 26.2. The second-order valence-corrected chi connectivity index (χ2v) is 13.8. The van der Waals surface area contributed by atoms with Crippen LogP contribution in [-0.4, -0.2) is 85.6 Å². The van der Waals surface area contributed by atoms with Crippen LogP contribution >= 0.6 is 0 Å². The van der Waals surface area contributed by atoms with Gasteiger partial charge in [0.15, 0.2) is 5.69 Å². The zero-order valence-corrected chi connectivity index (χ0v) is 26.2. The average molecular weight is 627 g/mol. The van der Waals surface area contributed by atoms with Gasteiger partial charge in [0.1, 0.15) is 30.2 Å². The summed E-state index contributed by atoms with van der Waals surface area (Å²) in [5.74, 6) is -0.460. The Morgan fingerprint density at radius 1 is 1.15 bits per heavy atom. The van der Waals surface area contributed by atoms with Gasteiger partial charge in [0, 0.05) is 44.6 Å². The molecule has 4 aliphatic heterocycles. The van der Waals surface area contributed by atoms with Crippen molar-refractivity contribution in [3.8, 4) is 12.1 Å². The third kappa shape index (κ3) is 4.58. The van der Waals surface area contributed by atoms with E-state index >= 15 is 0 Å². The number of benzene rings is 1. The fourth-order valence-corrected chi connectivity index (χ4v) is 9.02. The molecule has 1 aliphatic carbocycles. The Kier molecular flexibility index (Phi) is 7.03. The van der Waals surface area contributed by atoms with E-state index < -0.39 is 12.1 Å². The van der Waals surface area contributed by atoms with Gasteiger partial charge in [0.05, 0.1) is 29.0 Å². The molecule has 1 N–H and O–H groups in total. The predicted molar refractivity (Wildman–Crippen MR) is 166 cm³/mol. The lowest BCUT2D eigenvalue weighted by atomic mass is 9.71. The van der Waals surface area contributed by atoms with Crippen LogP contribution in [0, 0.1) is 11.3 Å². The molecule has 0 amide bonds. The fraction of sp³-hybridized carbons (Fsp3) is 0.559. The number of rotatable bonds is 5. The number of carboxylic acid groups (broad SMARTS) is 1. The highest BCUT2D eigenvalue weighted by Gasteiger charge is 2.50. The molecular weight excluding hydrogens is 587 g/mol. The Balaban J connectivity index is 1.20. The summed E-state index contributed by atoms with van der Waals surface area (Å²) in [6.07, 6.45) is 6.15. The van der Waals surface area contributed by atoms with Crippen molar-refractivity contribution in [3.05, 3.63) is 63.6 Å². The molecule has 2 fully saturated rings. The van der Waals surface area contributed by atoms with Gasteiger partial charge in [-0.1, -0.05) is 24.3 Å². The molecule has 1 spiro atoms. The number of carboxylic acids is 1. The van der Waals surface area contributed by atoms with Crippen molar-refractivity contribution in [1.82, 2.24) is 29.5 Å². The Morgan fingerprint density at radius 2 is 2.02 bits per heavy atom. The molecule has 0 unspecified atom stereocenters. The van der Waals surface area contributed by atoms with Crippen molar-refractivity contribution in [3.63, 3.8) is 0 Å². The number of aromatic nitrogens is 4. The van der Waals surface area contributed by atoms with E-state index in [1.165, 1.54) is 11.1 Å². The number of hydrogen-bond acceptors (Lipinski definition) is 9. The number of anilines is 1. The lowest BCUT2D eigenvalue weighted by molar-refractivity contribution is 0.0689. The first kappa shape index (κ1) is 29.3. The first-order valence-electron chi connectivity index (χ1n) is 16.5. The van der Waals surface area contributed by atoms with E-state index in [4.69, 9.17) is 14.7 Å². The number of ether oxygens (including phenoxy) is 1. The summed E-state index contributed by atoms with van der Waals surface area (Å²) >= 11 is 0. The fourth-order valence-electron chi connectivity index (χ4n) is 9.02. The van der Waals surface area contributed by atoms with Crippen LogP contribution in [0.3, 0.4) is 0 Å². The van der Waals surface area contributed by atoms with Gasteiger partial charge in [-0.15, -0.1) is 0 Å². The Hall–Kier alpha value is -4.08. The number of aromatic carboxylic acids is 1. The number of alkyl halides is 1. The van der Waals surface area contributed by atoms with Crippen molar-refractivity contribution in [2.24, 2.45) is 0 Å². The quantitative estimate of drug-likeness (QED) is 0.447. The summed E-state index contributed by atoms with van der Waals surface area (Å²) in [5.41, 5.74) is 4.66. The maximum absolute atomic E-state index is 14.6. The van der Waals surface area contributed by atoms with Gasteiger partial charge in [0.2, 0.25) is 0 Å². The third-order valence-corrected chi connectivity index (χ3v) is 11.2. The van der Waals surface area contributed by atoms with Crippen LogP contribution in [0.5, 0.6) is 6.01 Å². The van der Waals surface area contributed by atoms with Crippen molar-refractivity contribution < 1.29 is 19.0 Å². The van der Waals surface area contributed by atoms with E-state index in [2.05, 4.69) is 57.2 Å². The molecule has 240 valence electrons. The van der Waals surface area contributed by atoms with Crippen LogP contribution < -0.4 is 9.64 Å². The highest BCUT2D eigenvalue weighted by atomic mass is 19.1. The Labute approximate surface area is 267 Å². The van der Waals surface area contributed by atoms with Gasteiger partial charge < -0.3 is 14.7 Å². The van der Waals surface area contributed by atoms with Crippen LogP contribution in [0.4, 0.5) is 10.2 Å². The minimum Gasteiger partial charge on any atom is -0.476 e. The average Bonchev–Trinajstić information content (AvgIpc) is 3.64. The molecule has 11 nitrogen and oxygen atoms in total. The van der Waals surface area contributed by atoms with Crippen molar-refractivity contribution in [2.75, 3.05) is 38.2 Å². The van der Waals surface area contributed by atoms with Gasteiger partial charge in [-0.05, 0) is 63.2 Å². The van der Waals surface area contributed by atoms with E-state index in [-0.39, 0.29) is 22.3 Å². The molecule has 1 aromatic carbocycles. The topological polar surface area (TPSA) is 124 Å². The van der Waals surface area contributed by atoms with Crippen LogP contribution in [-0.2, 0) is 38.0 Å². The van der Waals surface area contributed by atoms with Crippen molar-refractivity contribution >= 4 is 11.8 Å². The predicted octanol–water partition coefficient (Wildman–Crippen LogP) is 3.83. The number of carbonyl (C=O) groups is 1. The summed E-state index contributed by atoms with van der Waals surface area (Å²) in [7, 11) is 2.19. The molecule has 2 aromatic heterocycles. The molecule has 46 heavy (non-hydrogen) atoms. The molecule has 2 saturated heterocycles. The smallest absolute Gasteiger partial charge is 0.357 e. The summed E-state index contributed by atoms with van der Waals surface area (Å²) in [4.78, 5) is 28.9. The minimum absolute atomic E-state index is 0.0936. The summed E-state index contributed by atoms with van der Waals surface area (Å²) in [6.45, 7) is 3.77.